The van der Waals surface area contributed by atoms with Gasteiger partial charge in [0.2, 0.25) is 11.8 Å². The van der Waals surface area contributed by atoms with Gasteiger partial charge in [-0.05, 0) is 31.0 Å². The zero-order valence-corrected chi connectivity index (χ0v) is 15.2. The SMILES string of the molecule is COc1ccc(NC(=O)C2COCCN2)cc1NC(=O)C1CCCCC1. The Hall–Kier alpha value is -2.12. The molecule has 1 saturated heterocycles. The van der Waals surface area contributed by atoms with Crippen molar-refractivity contribution in [3.63, 3.8) is 0 Å². The number of benzene rings is 1. The van der Waals surface area contributed by atoms with Crippen LogP contribution in [-0.4, -0.2) is 44.7 Å². The number of methoxy groups -OCH3 is 1. The summed E-state index contributed by atoms with van der Waals surface area (Å²) in [5.74, 6) is 0.495. The van der Waals surface area contributed by atoms with Gasteiger partial charge < -0.3 is 25.4 Å². The minimum atomic E-state index is -0.369. The Kier molecular flexibility index (Phi) is 6.46. The second-order valence-corrected chi connectivity index (χ2v) is 6.81. The molecule has 1 heterocycles. The minimum absolute atomic E-state index is 0.0221. The van der Waals surface area contributed by atoms with Gasteiger partial charge in [0.1, 0.15) is 11.8 Å². The van der Waals surface area contributed by atoms with E-state index in [0.29, 0.717) is 36.9 Å². The van der Waals surface area contributed by atoms with Crippen LogP contribution in [0.5, 0.6) is 5.75 Å². The normalized spacial score (nSPS) is 21.0. The summed E-state index contributed by atoms with van der Waals surface area (Å²) in [5.41, 5.74) is 1.19. The molecule has 1 aliphatic heterocycles. The standard InChI is InChI=1S/C19H27N3O4/c1-25-17-8-7-14(21-19(24)16-12-26-10-9-20-16)11-15(17)22-18(23)13-5-3-2-4-6-13/h7-8,11,13,16,20H,2-6,9-10,12H2,1H3,(H,21,24)(H,22,23). The van der Waals surface area contributed by atoms with Crippen LogP contribution in [0.15, 0.2) is 18.2 Å². The van der Waals surface area contributed by atoms with Crippen LogP contribution >= 0.6 is 0 Å². The fraction of sp³-hybridized carbons (Fsp3) is 0.579. The Morgan fingerprint density at radius 3 is 2.65 bits per heavy atom. The van der Waals surface area contributed by atoms with Gasteiger partial charge in [-0.3, -0.25) is 9.59 Å². The lowest BCUT2D eigenvalue weighted by atomic mass is 9.88. The third-order valence-corrected chi connectivity index (χ3v) is 4.94. The molecule has 3 rings (SSSR count). The molecule has 26 heavy (non-hydrogen) atoms. The third kappa shape index (κ3) is 4.74. The first-order chi connectivity index (χ1) is 12.7. The molecular formula is C19H27N3O4. The molecule has 0 bridgehead atoms. The second-order valence-electron chi connectivity index (χ2n) is 6.81. The molecule has 2 amide bonds. The highest BCUT2D eigenvalue weighted by Gasteiger charge is 2.23. The van der Waals surface area contributed by atoms with Gasteiger partial charge in [0, 0.05) is 18.2 Å². The maximum Gasteiger partial charge on any atom is 0.243 e. The van der Waals surface area contributed by atoms with E-state index in [9.17, 15) is 9.59 Å². The first kappa shape index (κ1) is 18.7. The molecule has 0 aromatic heterocycles. The van der Waals surface area contributed by atoms with Crippen molar-refractivity contribution in [2.24, 2.45) is 5.92 Å². The molecular weight excluding hydrogens is 334 g/mol. The summed E-state index contributed by atoms with van der Waals surface area (Å²) in [4.78, 5) is 24.9. The average molecular weight is 361 g/mol. The molecule has 1 atom stereocenters. The zero-order valence-electron chi connectivity index (χ0n) is 15.2. The highest BCUT2D eigenvalue weighted by Crippen LogP contribution is 2.30. The van der Waals surface area contributed by atoms with Crippen molar-refractivity contribution < 1.29 is 19.1 Å². The quantitative estimate of drug-likeness (QED) is 0.748. The molecule has 1 unspecified atom stereocenters. The number of anilines is 2. The molecule has 0 radical (unpaired) electrons. The molecule has 1 aromatic carbocycles. The summed E-state index contributed by atoms with van der Waals surface area (Å²) >= 11 is 0. The lowest BCUT2D eigenvalue weighted by Gasteiger charge is -2.23. The van der Waals surface area contributed by atoms with Crippen molar-refractivity contribution >= 4 is 23.2 Å². The molecule has 7 nitrogen and oxygen atoms in total. The van der Waals surface area contributed by atoms with E-state index in [1.54, 1.807) is 25.3 Å². The molecule has 3 N–H and O–H groups in total. The number of amides is 2. The average Bonchev–Trinajstić information content (AvgIpc) is 2.69. The molecule has 2 fully saturated rings. The second kappa shape index (κ2) is 9.00. The van der Waals surface area contributed by atoms with E-state index in [0.717, 1.165) is 25.7 Å². The van der Waals surface area contributed by atoms with Gasteiger partial charge in [0.15, 0.2) is 0 Å². The molecule has 142 valence electrons. The Bertz CT molecular complexity index is 638. The van der Waals surface area contributed by atoms with Crippen LogP contribution in [0.4, 0.5) is 11.4 Å². The number of hydrogen-bond acceptors (Lipinski definition) is 5. The zero-order chi connectivity index (χ0) is 18.4. The molecule has 1 aliphatic carbocycles. The van der Waals surface area contributed by atoms with Gasteiger partial charge in [0.05, 0.1) is 26.0 Å². The van der Waals surface area contributed by atoms with Crippen molar-refractivity contribution in [3.05, 3.63) is 18.2 Å². The van der Waals surface area contributed by atoms with E-state index in [2.05, 4.69) is 16.0 Å². The summed E-state index contributed by atoms with van der Waals surface area (Å²) in [7, 11) is 1.56. The summed E-state index contributed by atoms with van der Waals surface area (Å²) in [6, 6.07) is 4.88. The fourth-order valence-corrected chi connectivity index (χ4v) is 3.45. The number of hydrogen-bond donors (Lipinski definition) is 3. The maximum absolute atomic E-state index is 12.5. The van der Waals surface area contributed by atoms with Gasteiger partial charge in [0.25, 0.3) is 0 Å². The van der Waals surface area contributed by atoms with Crippen LogP contribution in [-0.2, 0) is 14.3 Å². The predicted octanol–water partition coefficient (Wildman–Crippen LogP) is 2.14. The van der Waals surface area contributed by atoms with Gasteiger partial charge >= 0.3 is 0 Å². The maximum atomic E-state index is 12.5. The first-order valence-electron chi connectivity index (χ1n) is 9.28. The molecule has 0 spiro atoms. The van der Waals surface area contributed by atoms with Gasteiger partial charge in [-0.25, -0.2) is 0 Å². The minimum Gasteiger partial charge on any atom is -0.495 e. The van der Waals surface area contributed by atoms with Crippen molar-refractivity contribution in [2.75, 3.05) is 37.5 Å². The first-order valence-corrected chi connectivity index (χ1v) is 9.28. The van der Waals surface area contributed by atoms with Crippen LogP contribution in [0, 0.1) is 5.92 Å². The lowest BCUT2D eigenvalue weighted by molar-refractivity contribution is -0.121. The summed E-state index contributed by atoms with van der Waals surface area (Å²) < 4.78 is 10.7. The molecule has 2 aliphatic rings. The Labute approximate surface area is 153 Å². The van der Waals surface area contributed by atoms with E-state index < -0.39 is 0 Å². The van der Waals surface area contributed by atoms with Crippen molar-refractivity contribution in [2.45, 2.75) is 38.1 Å². The van der Waals surface area contributed by atoms with Crippen LogP contribution in [0.3, 0.4) is 0 Å². The lowest BCUT2D eigenvalue weighted by Crippen LogP contribution is -2.48. The largest absolute Gasteiger partial charge is 0.495 e. The topological polar surface area (TPSA) is 88.7 Å². The molecule has 1 saturated carbocycles. The fourth-order valence-electron chi connectivity index (χ4n) is 3.45. The number of nitrogens with one attached hydrogen (secondary N) is 3. The Morgan fingerprint density at radius 1 is 1.15 bits per heavy atom. The van der Waals surface area contributed by atoms with E-state index in [1.807, 2.05) is 0 Å². The smallest absolute Gasteiger partial charge is 0.243 e. The monoisotopic (exact) mass is 361 g/mol. The van der Waals surface area contributed by atoms with Crippen LogP contribution in [0.25, 0.3) is 0 Å². The third-order valence-electron chi connectivity index (χ3n) is 4.94. The van der Waals surface area contributed by atoms with Gasteiger partial charge in [-0.2, -0.15) is 0 Å². The predicted molar refractivity (Wildman–Crippen MR) is 99.4 cm³/mol. The molecule has 1 aromatic rings. The summed E-state index contributed by atoms with van der Waals surface area (Å²) in [5, 5.41) is 8.96. The van der Waals surface area contributed by atoms with Crippen molar-refractivity contribution in [1.29, 1.82) is 0 Å². The van der Waals surface area contributed by atoms with E-state index in [1.165, 1.54) is 6.42 Å². The van der Waals surface area contributed by atoms with E-state index in [4.69, 9.17) is 9.47 Å². The van der Waals surface area contributed by atoms with Crippen molar-refractivity contribution in [1.82, 2.24) is 5.32 Å². The van der Waals surface area contributed by atoms with Gasteiger partial charge in [-0.15, -0.1) is 0 Å². The number of carbonyl (C=O) groups excluding carboxylic acids is 2. The number of ether oxygens (including phenoxy) is 2. The van der Waals surface area contributed by atoms with Crippen LogP contribution < -0.4 is 20.7 Å². The van der Waals surface area contributed by atoms with Crippen LogP contribution in [0.1, 0.15) is 32.1 Å². The van der Waals surface area contributed by atoms with Gasteiger partial charge in [-0.1, -0.05) is 19.3 Å². The number of carbonyl (C=O) groups is 2. The molecule has 7 heteroatoms. The van der Waals surface area contributed by atoms with Crippen molar-refractivity contribution in [3.8, 4) is 5.75 Å². The highest BCUT2D eigenvalue weighted by molar-refractivity contribution is 5.98. The number of rotatable bonds is 5. The highest BCUT2D eigenvalue weighted by atomic mass is 16.5. The Morgan fingerprint density at radius 2 is 1.96 bits per heavy atom. The summed E-state index contributed by atoms with van der Waals surface area (Å²) in [6.07, 6.45) is 5.26. The Balaban J connectivity index is 1.67. The van der Waals surface area contributed by atoms with E-state index >= 15 is 0 Å². The summed E-state index contributed by atoms with van der Waals surface area (Å²) in [6.45, 7) is 1.63. The number of morpholine rings is 1. The van der Waals surface area contributed by atoms with Crippen LogP contribution in [0.2, 0.25) is 0 Å². The van der Waals surface area contributed by atoms with E-state index in [-0.39, 0.29) is 23.8 Å².